The van der Waals surface area contributed by atoms with Crippen molar-refractivity contribution in [2.24, 2.45) is 5.92 Å². The van der Waals surface area contributed by atoms with Crippen LogP contribution in [0, 0.1) is 21.4 Å². The van der Waals surface area contributed by atoms with Gasteiger partial charge in [0.15, 0.2) is 4.90 Å². The molecule has 14 nitrogen and oxygen atoms in total. The number of rotatable bonds is 19. The fraction of sp³-hybridized carbons (Fsp3) is 0.571. The molecule has 1 aromatic heterocycles. The van der Waals surface area contributed by atoms with Gasteiger partial charge in [-0.25, -0.2) is 4.98 Å². The van der Waals surface area contributed by atoms with Gasteiger partial charge in [-0.2, -0.15) is 0 Å². The minimum atomic E-state index is -1.44. The molecule has 1 saturated heterocycles. The molecule has 0 amide bonds. The summed E-state index contributed by atoms with van der Waals surface area (Å²) in [5.74, 6) is 0.707. The van der Waals surface area contributed by atoms with Crippen LogP contribution in [0.5, 0.6) is 5.75 Å². The van der Waals surface area contributed by atoms with Gasteiger partial charge in [-0.3, -0.25) is 9.59 Å². The lowest BCUT2D eigenvalue weighted by Gasteiger charge is -2.38. The zero-order chi connectivity index (χ0) is 31.4. The van der Waals surface area contributed by atoms with Crippen molar-refractivity contribution in [3.8, 4) is 17.1 Å². The van der Waals surface area contributed by atoms with Gasteiger partial charge in [-0.05, 0) is 57.1 Å². The minimum Gasteiger partial charge on any atom is -0.593 e. The molecule has 0 aliphatic carbocycles. The van der Waals surface area contributed by atoms with Crippen LogP contribution >= 0.6 is 0 Å². The summed E-state index contributed by atoms with van der Waals surface area (Å²) in [5.41, 5.74) is 0.828. The average Bonchev–Trinajstić information content (AvgIpc) is 2.95. The molecule has 3 rings (SSSR count). The van der Waals surface area contributed by atoms with Crippen LogP contribution in [0.15, 0.2) is 27.9 Å². The smallest absolute Gasteiger partial charge is 0.305 e. The highest BCUT2D eigenvalue weighted by Gasteiger charge is 2.36. The van der Waals surface area contributed by atoms with E-state index in [2.05, 4.69) is 20.1 Å². The monoisotopic (exact) mass is 620 g/mol. The van der Waals surface area contributed by atoms with E-state index < -0.39 is 22.0 Å². The summed E-state index contributed by atoms with van der Waals surface area (Å²) in [6, 6.07) is 5.17. The molecule has 1 atom stereocenters. The number of hydrogen-bond acceptors (Lipinski definition) is 12. The summed E-state index contributed by atoms with van der Waals surface area (Å²) in [7, 11) is 1.61. The zero-order valence-electron chi connectivity index (χ0n) is 24.8. The lowest BCUT2D eigenvalue weighted by Crippen LogP contribution is -2.49. The summed E-state index contributed by atoms with van der Waals surface area (Å²) in [5, 5.41) is 20.5. The number of carbonyl (C=O) groups is 1. The Bertz CT molecular complexity index is 1320. The van der Waals surface area contributed by atoms with E-state index in [-0.39, 0.29) is 41.9 Å². The summed E-state index contributed by atoms with van der Waals surface area (Å²) in [4.78, 5) is 46.9. The molecule has 1 aliphatic rings. The Hall–Kier alpha value is -3.69. The van der Waals surface area contributed by atoms with E-state index in [4.69, 9.17) is 14.9 Å². The number of benzene rings is 1. The molecule has 1 aliphatic heterocycles. The Balaban J connectivity index is 1.57. The Morgan fingerprint density at radius 1 is 1.23 bits per heavy atom. The fourth-order valence-electron chi connectivity index (χ4n) is 4.63. The summed E-state index contributed by atoms with van der Waals surface area (Å²) in [6.07, 6.45) is 3.76. The molecule has 0 radical (unpaired) electrons. The molecule has 1 fully saturated rings. The molecule has 236 valence electrons. The van der Waals surface area contributed by atoms with Gasteiger partial charge in [0.25, 0.3) is 10.6 Å². The van der Waals surface area contributed by atoms with E-state index in [1.165, 1.54) is 0 Å². The highest BCUT2D eigenvalue weighted by molar-refractivity contribution is 7.89. The maximum Gasteiger partial charge on any atom is 0.305 e. The second-order valence-corrected chi connectivity index (χ2v) is 11.5. The Kier molecular flexibility index (Phi) is 13.2. The Morgan fingerprint density at radius 2 is 2.00 bits per heavy atom. The van der Waals surface area contributed by atoms with E-state index in [0.29, 0.717) is 74.1 Å². The van der Waals surface area contributed by atoms with Crippen LogP contribution in [0.3, 0.4) is 0 Å². The first-order valence-corrected chi connectivity index (χ1v) is 15.6. The van der Waals surface area contributed by atoms with Gasteiger partial charge in [-0.1, -0.05) is 13.3 Å². The molecule has 1 aromatic carbocycles. The van der Waals surface area contributed by atoms with Crippen molar-refractivity contribution in [2.45, 2.75) is 63.7 Å². The summed E-state index contributed by atoms with van der Waals surface area (Å²) >= 11 is -1.44. The van der Waals surface area contributed by atoms with Gasteiger partial charge in [0.1, 0.15) is 23.0 Å². The Labute approximate surface area is 253 Å². The van der Waals surface area contributed by atoms with Crippen LogP contribution in [0.2, 0.25) is 0 Å². The zero-order valence-corrected chi connectivity index (χ0v) is 25.6. The van der Waals surface area contributed by atoms with E-state index in [1.807, 2.05) is 18.2 Å². The largest absolute Gasteiger partial charge is 0.593 e. The quantitative estimate of drug-likeness (QED) is 0.0517. The first kappa shape index (κ1) is 33.8. The molecule has 2 aromatic rings. The van der Waals surface area contributed by atoms with E-state index >= 15 is 0 Å². The highest BCUT2D eigenvalue weighted by Crippen LogP contribution is 2.34. The molecule has 43 heavy (non-hydrogen) atoms. The number of aromatic amines is 1. The number of unbranched alkanes of at least 4 members (excludes halogenated alkanes) is 1. The Morgan fingerprint density at radius 3 is 2.67 bits per heavy atom. The van der Waals surface area contributed by atoms with E-state index in [1.54, 1.807) is 25.2 Å². The predicted molar refractivity (Wildman–Crippen MR) is 161 cm³/mol. The molecule has 3 N–H and O–H groups in total. The highest BCUT2D eigenvalue weighted by atomic mass is 32.2. The molecule has 2 heterocycles. The van der Waals surface area contributed by atoms with Gasteiger partial charge in [-0.15, -0.1) is 14.4 Å². The van der Waals surface area contributed by atoms with Crippen molar-refractivity contribution in [1.29, 1.82) is 5.41 Å². The maximum atomic E-state index is 13.4. The van der Waals surface area contributed by atoms with Crippen LogP contribution in [0.1, 0.15) is 64.5 Å². The number of anilines is 1. The van der Waals surface area contributed by atoms with Gasteiger partial charge in [0.2, 0.25) is 0 Å². The van der Waals surface area contributed by atoms with Gasteiger partial charge in [0, 0.05) is 32.6 Å². The summed E-state index contributed by atoms with van der Waals surface area (Å²) < 4.78 is 26.3. The first-order chi connectivity index (χ1) is 20.7. The average molecular weight is 621 g/mol. The number of ether oxygens (including phenoxy) is 2. The summed E-state index contributed by atoms with van der Waals surface area (Å²) in [6.45, 7) is 5.69. The lowest BCUT2D eigenvalue weighted by atomic mass is 9.98. The van der Waals surface area contributed by atoms with Crippen LogP contribution in [0.4, 0.5) is 5.69 Å². The van der Waals surface area contributed by atoms with Crippen molar-refractivity contribution in [3.63, 3.8) is 0 Å². The van der Waals surface area contributed by atoms with Gasteiger partial charge >= 0.3 is 5.97 Å². The molecule has 0 spiro atoms. The van der Waals surface area contributed by atoms with Crippen molar-refractivity contribution in [3.05, 3.63) is 44.4 Å². The third-order valence-electron chi connectivity index (χ3n) is 6.81. The van der Waals surface area contributed by atoms with Gasteiger partial charge < -0.3 is 34.6 Å². The van der Waals surface area contributed by atoms with Crippen LogP contribution in [-0.2, 0) is 25.7 Å². The molecule has 15 heteroatoms. The number of aromatic nitrogens is 2. The number of H-pyrrole nitrogens is 1. The molecular weight excluding hydrogens is 580 g/mol. The number of nitrogens with zero attached hydrogens (tertiary/aromatic N) is 3. The van der Waals surface area contributed by atoms with Crippen LogP contribution < -0.4 is 15.6 Å². The number of esters is 1. The van der Waals surface area contributed by atoms with Crippen molar-refractivity contribution < 1.29 is 28.7 Å². The predicted octanol–water partition coefficient (Wildman–Crippen LogP) is 3.70. The van der Waals surface area contributed by atoms with E-state index in [0.717, 1.165) is 12.8 Å². The third kappa shape index (κ3) is 9.66. The number of nitrogens with one attached hydrogen (secondary N) is 3. The van der Waals surface area contributed by atoms with E-state index in [9.17, 15) is 24.3 Å². The lowest BCUT2D eigenvalue weighted by molar-refractivity contribution is -0.757. The third-order valence-corrected chi connectivity index (χ3v) is 8.24. The minimum absolute atomic E-state index is 0.0382. The normalized spacial score (nSPS) is 14.0. The topological polar surface area (TPSA) is 196 Å². The number of hydrogen-bond donors (Lipinski definition) is 3. The number of carbonyl (C=O) groups excluding carboxylic acids is 1. The van der Waals surface area contributed by atoms with Gasteiger partial charge in [0.05, 0.1) is 42.5 Å². The fourth-order valence-corrected chi connectivity index (χ4v) is 6.03. The van der Waals surface area contributed by atoms with Crippen molar-refractivity contribution >= 4 is 28.7 Å². The standard InChI is InChI=1S/C28H40N6O8S/c1-4-9-22(29)25-26(30-3)28(36)32-27(31-25)21-16-20(12-13-23(21)40-5-2)43(39)33-17-19(18-33)10-8-14-41-24(35)11-6-7-15-42-34(37)38/h12-13,16,19,29-30H,4-11,14-15,17-18H2,1-3H3,(H,31,32,36). The second kappa shape index (κ2) is 16.8. The van der Waals surface area contributed by atoms with Crippen molar-refractivity contribution in [2.75, 3.05) is 45.3 Å². The maximum absolute atomic E-state index is 13.4. The molecule has 0 bridgehead atoms. The van der Waals surface area contributed by atoms with Crippen LogP contribution in [-0.4, -0.2) is 75.6 Å². The molecule has 1 unspecified atom stereocenters. The SMILES string of the molecule is CCCC(=N)c1nc(-c2cc([S+]([O-])N3CC(CCCOC(=O)CCCCO[N+](=O)[O-])C3)ccc2OCC)[nH]c(=O)c1NC. The first-order valence-electron chi connectivity index (χ1n) is 14.4. The molecular formula is C28H40N6O8S. The van der Waals surface area contributed by atoms with Crippen LogP contribution in [0.25, 0.3) is 11.4 Å². The second-order valence-electron chi connectivity index (χ2n) is 10.0. The van der Waals surface area contributed by atoms with Crippen molar-refractivity contribution in [1.82, 2.24) is 14.3 Å². The molecule has 0 saturated carbocycles.